The molecule has 0 saturated carbocycles. The molecule has 30 heavy (non-hydrogen) atoms. The number of anilines is 1. The van der Waals surface area contributed by atoms with Crippen LogP contribution in [0.3, 0.4) is 0 Å². The Hall–Kier alpha value is -3.48. The normalized spacial score (nSPS) is 14.8. The number of amides is 3. The van der Waals surface area contributed by atoms with Gasteiger partial charge >= 0.3 is 5.97 Å². The summed E-state index contributed by atoms with van der Waals surface area (Å²) in [5, 5.41) is 2.76. The number of benzene rings is 2. The van der Waals surface area contributed by atoms with Crippen LogP contribution < -0.4 is 5.32 Å². The van der Waals surface area contributed by atoms with E-state index in [1.807, 2.05) is 18.2 Å². The van der Waals surface area contributed by atoms with E-state index in [0.717, 1.165) is 16.9 Å². The molecule has 0 aromatic heterocycles. The minimum Gasteiger partial charge on any atom is -0.454 e. The molecule has 1 heterocycles. The van der Waals surface area contributed by atoms with Crippen LogP contribution in [0, 0.1) is 0 Å². The molecule has 2 aromatic carbocycles. The predicted molar refractivity (Wildman–Crippen MR) is 111 cm³/mol. The predicted octanol–water partition coefficient (Wildman–Crippen LogP) is 3.37. The van der Waals surface area contributed by atoms with Crippen molar-refractivity contribution >= 4 is 29.4 Å². The third-order valence-corrected chi connectivity index (χ3v) is 5.28. The van der Waals surface area contributed by atoms with Crippen LogP contribution in [-0.2, 0) is 14.3 Å². The molecular formula is C23H24N2O5. The molecule has 3 amide bonds. The Balaban J connectivity index is 1.61. The minimum atomic E-state index is -1.14. The van der Waals surface area contributed by atoms with Crippen molar-refractivity contribution < 1.29 is 23.9 Å². The Morgan fingerprint density at radius 2 is 1.53 bits per heavy atom. The largest absolute Gasteiger partial charge is 0.454 e. The first-order chi connectivity index (χ1) is 14.3. The maximum Gasteiger partial charge on any atom is 0.329 e. The lowest BCUT2D eigenvalue weighted by molar-refractivity contribution is -0.150. The fourth-order valence-electron chi connectivity index (χ4n) is 3.37. The molecule has 3 rings (SSSR count). The van der Waals surface area contributed by atoms with Crippen molar-refractivity contribution in [1.82, 2.24) is 4.90 Å². The quantitative estimate of drug-likeness (QED) is 0.560. The van der Waals surface area contributed by atoms with E-state index in [0.29, 0.717) is 5.69 Å². The summed E-state index contributed by atoms with van der Waals surface area (Å²) in [6.07, 6.45) is 0.916. The monoisotopic (exact) mass is 408 g/mol. The number of para-hydroxylation sites is 1. The summed E-state index contributed by atoms with van der Waals surface area (Å²) >= 11 is 0. The van der Waals surface area contributed by atoms with Gasteiger partial charge in [0.25, 0.3) is 17.7 Å². The summed E-state index contributed by atoms with van der Waals surface area (Å²) in [6, 6.07) is 12.7. The van der Waals surface area contributed by atoms with Crippen molar-refractivity contribution in [2.75, 3.05) is 11.9 Å². The molecule has 0 saturated heterocycles. The van der Waals surface area contributed by atoms with Crippen molar-refractivity contribution in [2.24, 2.45) is 0 Å². The summed E-state index contributed by atoms with van der Waals surface area (Å²) in [5.74, 6) is -2.15. The van der Waals surface area contributed by atoms with Gasteiger partial charge in [-0.3, -0.25) is 19.3 Å². The topological polar surface area (TPSA) is 92.8 Å². The highest BCUT2D eigenvalue weighted by Crippen LogP contribution is 2.27. The van der Waals surface area contributed by atoms with Crippen LogP contribution in [0.25, 0.3) is 0 Å². The Morgan fingerprint density at radius 1 is 0.967 bits per heavy atom. The first-order valence-corrected chi connectivity index (χ1v) is 9.87. The lowest BCUT2D eigenvalue weighted by Crippen LogP contribution is -2.44. The van der Waals surface area contributed by atoms with Gasteiger partial charge in [-0.15, -0.1) is 0 Å². The van der Waals surface area contributed by atoms with Gasteiger partial charge in [0, 0.05) is 5.69 Å². The molecule has 2 aromatic rings. The molecule has 0 radical (unpaired) electrons. The molecule has 1 N–H and O–H groups in total. The number of carbonyl (C=O) groups excluding carboxylic acids is 4. The van der Waals surface area contributed by atoms with E-state index in [1.54, 1.807) is 18.2 Å². The van der Waals surface area contributed by atoms with E-state index in [-0.39, 0.29) is 17.0 Å². The molecular weight excluding hydrogens is 384 g/mol. The second kappa shape index (κ2) is 8.90. The molecule has 7 heteroatoms. The van der Waals surface area contributed by atoms with Gasteiger partial charge in [-0.25, -0.2) is 4.79 Å². The summed E-state index contributed by atoms with van der Waals surface area (Å²) < 4.78 is 5.08. The maximum absolute atomic E-state index is 12.5. The molecule has 0 bridgehead atoms. The van der Waals surface area contributed by atoms with Gasteiger partial charge in [0.2, 0.25) is 0 Å². The van der Waals surface area contributed by atoms with Crippen LogP contribution in [0.2, 0.25) is 0 Å². The average molecular weight is 408 g/mol. The number of nitrogens with zero attached hydrogens (tertiary/aromatic N) is 1. The Labute approximate surface area is 175 Å². The SMILES string of the molecule is CC[C@@H](C)c1ccccc1NC(=O)COC(=O)[C@H](C)N1C(=O)c2ccccc2C1=O. The molecule has 1 aliphatic heterocycles. The molecule has 0 unspecified atom stereocenters. The maximum atomic E-state index is 12.5. The third kappa shape index (κ3) is 4.10. The smallest absolute Gasteiger partial charge is 0.329 e. The van der Waals surface area contributed by atoms with Crippen LogP contribution in [0.15, 0.2) is 48.5 Å². The van der Waals surface area contributed by atoms with Gasteiger partial charge in [0.1, 0.15) is 6.04 Å². The highest BCUT2D eigenvalue weighted by atomic mass is 16.5. The number of hydrogen-bond donors (Lipinski definition) is 1. The second-order valence-electron chi connectivity index (χ2n) is 7.25. The Kier molecular flexibility index (Phi) is 6.30. The summed E-state index contributed by atoms with van der Waals surface area (Å²) in [4.78, 5) is 50.5. The zero-order valence-electron chi connectivity index (χ0n) is 17.2. The van der Waals surface area contributed by atoms with Crippen molar-refractivity contribution in [3.63, 3.8) is 0 Å². The van der Waals surface area contributed by atoms with Crippen molar-refractivity contribution in [1.29, 1.82) is 0 Å². The zero-order valence-corrected chi connectivity index (χ0v) is 17.2. The minimum absolute atomic E-state index is 0.251. The number of ether oxygens (including phenoxy) is 1. The van der Waals surface area contributed by atoms with Gasteiger partial charge in [-0.2, -0.15) is 0 Å². The lowest BCUT2D eigenvalue weighted by Gasteiger charge is -2.21. The Morgan fingerprint density at radius 3 is 2.13 bits per heavy atom. The first kappa shape index (κ1) is 21.2. The number of esters is 1. The van der Waals surface area contributed by atoms with Crippen molar-refractivity contribution in [3.8, 4) is 0 Å². The number of fused-ring (bicyclic) bond motifs is 1. The van der Waals surface area contributed by atoms with Gasteiger partial charge in [-0.1, -0.05) is 44.2 Å². The van der Waals surface area contributed by atoms with E-state index < -0.39 is 36.3 Å². The second-order valence-corrected chi connectivity index (χ2v) is 7.25. The van der Waals surface area contributed by atoms with Crippen molar-refractivity contribution in [2.45, 2.75) is 39.2 Å². The van der Waals surface area contributed by atoms with Crippen LogP contribution in [0.5, 0.6) is 0 Å². The molecule has 0 fully saturated rings. The summed E-state index contributed by atoms with van der Waals surface area (Å²) in [6.45, 7) is 5.02. The average Bonchev–Trinajstić information content (AvgIpc) is 3.01. The van der Waals surface area contributed by atoms with Gasteiger partial charge < -0.3 is 10.1 Å². The highest BCUT2D eigenvalue weighted by Gasteiger charge is 2.41. The fraction of sp³-hybridized carbons (Fsp3) is 0.304. The standard InChI is InChI=1S/C23H24N2O5/c1-4-14(2)16-9-7-8-12-19(16)24-20(26)13-30-23(29)15(3)25-21(27)17-10-5-6-11-18(17)22(25)28/h5-12,14-15H,4,13H2,1-3H3,(H,24,26)/t14-,15+/m1/s1. The number of imide groups is 1. The molecule has 1 aliphatic rings. The van der Waals surface area contributed by atoms with Crippen LogP contribution in [0.4, 0.5) is 5.69 Å². The van der Waals surface area contributed by atoms with E-state index >= 15 is 0 Å². The van der Waals surface area contributed by atoms with Crippen LogP contribution in [0.1, 0.15) is 59.4 Å². The van der Waals surface area contributed by atoms with E-state index in [9.17, 15) is 19.2 Å². The van der Waals surface area contributed by atoms with Crippen LogP contribution >= 0.6 is 0 Å². The molecule has 2 atom stereocenters. The number of rotatable bonds is 7. The molecule has 7 nitrogen and oxygen atoms in total. The number of nitrogens with one attached hydrogen (secondary N) is 1. The van der Waals surface area contributed by atoms with Gasteiger partial charge in [0.05, 0.1) is 11.1 Å². The van der Waals surface area contributed by atoms with E-state index in [4.69, 9.17) is 4.74 Å². The summed E-state index contributed by atoms with van der Waals surface area (Å²) in [5.41, 5.74) is 2.17. The van der Waals surface area contributed by atoms with Crippen LogP contribution in [-0.4, -0.2) is 41.2 Å². The molecule has 0 aliphatic carbocycles. The third-order valence-electron chi connectivity index (χ3n) is 5.28. The van der Waals surface area contributed by atoms with E-state index in [2.05, 4.69) is 19.2 Å². The zero-order chi connectivity index (χ0) is 21.8. The molecule has 0 spiro atoms. The lowest BCUT2D eigenvalue weighted by atomic mass is 9.97. The van der Waals surface area contributed by atoms with Gasteiger partial charge in [0.15, 0.2) is 6.61 Å². The summed E-state index contributed by atoms with van der Waals surface area (Å²) in [7, 11) is 0. The van der Waals surface area contributed by atoms with Crippen molar-refractivity contribution in [3.05, 3.63) is 65.2 Å². The first-order valence-electron chi connectivity index (χ1n) is 9.87. The molecule has 156 valence electrons. The van der Waals surface area contributed by atoms with Gasteiger partial charge in [-0.05, 0) is 43.0 Å². The highest BCUT2D eigenvalue weighted by molar-refractivity contribution is 6.22. The van der Waals surface area contributed by atoms with E-state index in [1.165, 1.54) is 19.1 Å². The fourth-order valence-corrected chi connectivity index (χ4v) is 3.37. The number of hydrogen-bond acceptors (Lipinski definition) is 5. The number of carbonyl (C=O) groups is 4. The Bertz CT molecular complexity index is 966.